The average Bonchev–Trinajstić information content (AvgIpc) is 3.21. The maximum absolute atomic E-state index is 12.1. The van der Waals surface area contributed by atoms with Gasteiger partial charge in [-0.3, -0.25) is 4.79 Å². The Balaban J connectivity index is 1.72. The third-order valence-electron chi connectivity index (χ3n) is 3.39. The fraction of sp³-hybridized carbons (Fsp3) is 0.176. The van der Waals surface area contributed by atoms with E-state index in [1.807, 2.05) is 48.1 Å². The van der Waals surface area contributed by atoms with Gasteiger partial charge in [-0.25, -0.2) is 4.98 Å². The first-order valence-corrected chi connectivity index (χ1v) is 8.43. The fourth-order valence-corrected chi connectivity index (χ4v) is 2.83. The van der Waals surface area contributed by atoms with Gasteiger partial charge >= 0.3 is 0 Å². The van der Waals surface area contributed by atoms with Crippen molar-refractivity contribution in [1.29, 1.82) is 0 Å². The Morgan fingerprint density at radius 3 is 3.04 bits per heavy atom. The molecule has 3 aromatic rings. The lowest BCUT2D eigenvalue weighted by Gasteiger charge is -2.06. The molecule has 24 heavy (non-hydrogen) atoms. The minimum absolute atomic E-state index is 0.199. The summed E-state index contributed by atoms with van der Waals surface area (Å²) in [4.78, 5) is 16.3. The quantitative estimate of drug-likeness (QED) is 0.723. The Morgan fingerprint density at radius 2 is 2.29 bits per heavy atom. The molecule has 1 aromatic carbocycles. The highest BCUT2D eigenvalue weighted by Gasteiger charge is 2.07. The van der Waals surface area contributed by atoms with Crippen molar-refractivity contribution >= 4 is 29.0 Å². The number of hydrogen-bond acceptors (Lipinski definition) is 5. The van der Waals surface area contributed by atoms with Crippen LogP contribution in [0.4, 0.5) is 5.69 Å². The summed E-state index contributed by atoms with van der Waals surface area (Å²) in [5.41, 5.74) is 2.41. The van der Waals surface area contributed by atoms with Crippen LogP contribution in [0.5, 0.6) is 0 Å². The monoisotopic (exact) mass is 339 g/mol. The van der Waals surface area contributed by atoms with E-state index in [9.17, 15) is 4.79 Å². The molecule has 0 saturated heterocycles. The third-order valence-corrected chi connectivity index (χ3v) is 4.18. The number of carbonyl (C=O) groups is 1. The molecule has 0 aliphatic carbocycles. The Kier molecular flexibility index (Phi) is 4.81. The maximum atomic E-state index is 12.1. The van der Waals surface area contributed by atoms with Gasteiger partial charge in [0.05, 0.1) is 10.7 Å². The molecule has 6 nitrogen and oxygen atoms in total. The molecule has 3 rings (SSSR count). The second-order valence-corrected chi connectivity index (χ2v) is 6.20. The van der Waals surface area contributed by atoms with Crippen LogP contribution in [0.2, 0.25) is 0 Å². The number of benzene rings is 1. The second kappa shape index (κ2) is 7.18. The van der Waals surface area contributed by atoms with Gasteiger partial charge in [-0.05, 0) is 32.1 Å². The summed E-state index contributed by atoms with van der Waals surface area (Å²) in [7, 11) is 0. The van der Waals surface area contributed by atoms with E-state index in [1.54, 1.807) is 23.7 Å². The molecule has 0 bridgehead atoms. The molecule has 0 radical (unpaired) electrons. The predicted molar refractivity (Wildman–Crippen MR) is 95.6 cm³/mol. The van der Waals surface area contributed by atoms with Crippen molar-refractivity contribution in [2.45, 2.75) is 20.4 Å². The van der Waals surface area contributed by atoms with Crippen LogP contribution in [-0.2, 0) is 11.3 Å². The molecule has 7 heteroatoms. The number of rotatable bonds is 5. The van der Waals surface area contributed by atoms with Crippen molar-refractivity contribution in [3.8, 4) is 11.4 Å². The summed E-state index contributed by atoms with van der Waals surface area (Å²) in [6, 6.07) is 7.55. The van der Waals surface area contributed by atoms with Crippen LogP contribution in [0.15, 0.2) is 42.0 Å². The van der Waals surface area contributed by atoms with Crippen molar-refractivity contribution in [3.63, 3.8) is 0 Å². The van der Waals surface area contributed by atoms with Crippen molar-refractivity contribution in [3.05, 3.63) is 52.8 Å². The normalized spacial score (nSPS) is 11.1. The average molecular weight is 339 g/mol. The molecule has 0 spiro atoms. The van der Waals surface area contributed by atoms with E-state index in [0.717, 1.165) is 28.6 Å². The predicted octanol–water partition coefficient (Wildman–Crippen LogP) is 3.38. The highest BCUT2D eigenvalue weighted by molar-refractivity contribution is 7.09. The number of aromatic nitrogens is 4. The van der Waals surface area contributed by atoms with Gasteiger partial charge in [0.15, 0.2) is 5.82 Å². The lowest BCUT2D eigenvalue weighted by Crippen LogP contribution is -2.08. The molecule has 2 aromatic heterocycles. The van der Waals surface area contributed by atoms with Gasteiger partial charge in [0.25, 0.3) is 0 Å². The van der Waals surface area contributed by atoms with Crippen molar-refractivity contribution in [1.82, 2.24) is 19.7 Å². The number of thiazole rings is 1. The van der Waals surface area contributed by atoms with Gasteiger partial charge in [0, 0.05) is 29.3 Å². The van der Waals surface area contributed by atoms with Gasteiger partial charge < -0.3 is 9.88 Å². The van der Waals surface area contributed by atoms with Gasteiger partial charge in [0.2, 0.25) is 5.91 Å². The van der Waals surface area contributed by atoms with Gasteiger partial charge in [-0.1, -0.05) is 12.1 Å². The molecule has 0 unspecified atom stereocenters. The maximum Gasteiger partial charge on any atom is 0.248 e. The Morgan fingerprint density at radius 1 is 1.42 bits per heavy atom. The standard InChI is InChI=1S/C17H17N5OS/c1-3-22-11-18-21-17(22)13-5-4-6-14(9-13)20-16(23)8-7-15-10-24-12(2)19-15/h4-11H,3H2,1-2H3,(H,20,23). The van der Waals surface area contributed by atoms with Crippen LogP contribution < -0.4 is 5.32 Å². The third kappa shape index (κ3) is 3.75. The molecule has 0 fully saturated rings. The Hall–Kier alpha value is -2.80. The van der Waals surface area contributed by atoms with Crippen LogP contribution in [0.25, 0.3) is 17.5 Å². The van der Waals surface area contributed by atoms with Crippen LogP contribution in [0.1, 0.15) is 17.6 Å². The Bertz CT molecular complexity index is 881. The largest absolute Gasteiger partial charge is 0.322 e. The molecule has 1 N–H and O–H groups in total. The second-order valence-electron chi connectivity index (χ2n) is 5.14. The number of aryl methyl sites for hydroxylation is 2. The number of nitrogens with one attached hydrogen (secondary N) is 1. The lowest BCUT2D eigenvalue weighted by atomic mass is 10.2. The summed E-state index contributed by atoms with van der Waals surface area (Å²) in [6.45, 7) is 4.75. The van der Waals surface area contributed by atoms with Crippen molar-refractivity contribution < 1.29 is 4.79 Å². The number of hydrogen-bond donors (Lipinski definition) is 1. The highest BCUT2D eigenvalue weighted by atomic mass is 32.1. The zero-order chi connectivity index (χ0) is 16.9. The van der Waals surface area contributed by atoms with E-state index in [2.05, 4.69) is 20.5 Å². The fourth-order valence-electron chi connectivity index (χ4n) is 2.25. The SMILES string of the molecule is CCn1cnnc1-c1cccc(NC(=O)C=Cc2csc(C)n2)c1. The summed E-state index contributed by atoms with van der Waals surface area (Å²) in [6.07, 6.45) is 4.88. The van der Waals surface area contributed by atoms with E-state index < -0.39 is 0 Å². The summed E-state index contributed by atoms with van der Waals surface area (Å²) in [5.74, 6) is 0.580. The molecular formula is C17H17N5OS. The molecule has 0 aliphatic rings. The van der Waals surface area contributed by atoms with E-state index in [0.29, 0.717) is 5.69 Å². The van der Waals surface area contributed by atoms with Crippen molar-refractivity contribution in [2.24, 2.45) is 0 Å². The zero-order valence-electron chi connectivity index (χ0n) is 13.4. The molecule has 122 valence electrons. The van der Waals surface area contributed by atoms with Crippen molar-refractivity contribution in [2.75, 3.05) is 5.32 Å². The van der Waals surface area contributed by atoms with E-state index in [4.69, 9.17) is 0 Å². The Labute approximate surface area is 143 Å². The molecular weight excluding hydrogens is 322 g/mol. The van der Waals surface area contributed by atoms with Crippen LogP contribution >= 0.6 is 11.3 Å². The summed E-state index contributed by atoms with van der Waals surface area (Å²) >= 11 is 1.55. The lowest BCUT2D eigenvalue weighted by molar-refractivity contribution is -0.111. The van der Waals surface area contributed by atoms with Gasteiger partial charge in [-0.2, -0.15) is 0 Å². The topological polar surface area (TPSA) is 72.7 Å². The van der Waals surface area contributed by atoms with E-state index in [1.165, 1.54) is 6.08 Å². The van der Waals surface area contributed by atoms with Gasteiger partial charge in [0.1, 0.15) is 6.33 Å². The number of carbonyl (C=O) groups excluding carboxylic acids is 1. The summed E-state index contributed by atoms with van der Waals surface area (Å²) < 4.78 is 1.95. The van der Waals surface area contributed by atoms with Crippen LogP contribution in [0.3, 0.4) is 0 Å². The minimum Gasteiger partial charge on any atom is -0.322 e. The van der Waals surface area contributed by atoms with E-state index >= 15 is 0 Å². The zero-order valence-corrected chi connectivity index (χ0v) is 14.2. The summed E-state index contributed by atoms with van der Waals surface area (Å²) in [5, 5.41) is 13.8. The highest BCUT2D eigenvalue weighted by Crippen LogP contribution is 2.20. The molecule has 2 heterocycles. The molecule has 0 aliphatic heterocycles. The molecule has 1 amide bonds. The van der Waals surface area contributed by atoms with Crippen LogP contribution in [0, 0.1) is 6.92 Å². The number of nitrogens with zero attached hydrogens (tertiary/aromatic N) is 4. The smallest absolute Gasteiger partial charge is 0.248 e. The number of amides is 1. The number of anilines is 1. The first kappa shape index (κ1) is 16.1. The minimum atomic E-state index is -0.199. The van der Waals surface area contributed by atoms with Crippen LogP contribution in [-0.4, -0.2) is 25.7 Å². The molecule has 0 saturated carbocycles. The van der Waals surface area contributed by atoms with Gasteiger partial charge in [-0.15, -0.1) is 21.5 Å². The van der Waals surface area contributed by atoms with E-state index in [-0.39, 0.29) is 5.91 Å². The molecule has 0 atom stereocenters. The first-order chi connectivity index (χ1) is 11.7. The first-order valence-electron chi connectivity index (χ1n) is 7.55.